The summed E-state index contributed by atoms with van der Waals surface area (Å²) in [5, 5.41) is 6.35. The zero-order chi connectivity index (χ0) is 12.8. The Morgan fingerprint density at radius 2 is 2.17 bits per heavy atom. The van der Waals surface area contributed by atoms with E-state index in [4.69, 9.17) is 0 Å². The van der Waals surface area contributed by atoms with E-state index in [-0.39, 0.29) is 11.8 Å². The Morgan fingerprint density at radius 1 is 1.39 bits per heavy atom. The maximum atomic E-state index is 11.9. The molecule has 2 heterocycles. The number of nitrogens with zero attached hydrogens (tertiary/aromatic N) is 1. The number of nitrogens with one attached hydrogen (secondary N) is 2. The van der Waals surface area contributed by atoms with Gasteiger partial charge in [0.25, 0.3) is 0 Å². The van der Waals surface area contributed by atoms with Crippen LogP contribution in [0, 0.1) is 11.8 Å². The van der Waals surface area contributed by atoms with E-state index in [0.717, 1.165) is 32.6 Å². The summed E-state index contributed by atoms with van der Waals surface area (Å²) < 4.78 is 0. The molecular weight excluding hydrogens is 226 g/mol. The molecule has 0 radical (unpaired) electrons. The van der Waals surface area contributed by atoms with E-state index in [2.05, 4.69) is 22.5 Å². The molecule has 2 unspecified atom stereocenters. The van der Waals surface area contributed by atoms with Crippen LogP contribution in [0.1, 0.15) is 32.6 Å². The highest BCUT2D eigenvalue weighted by molar-refractivity contribution is 5.79. The zero-order valence-corrected chi connectivity index (χ0v) is 11.6. The summed E-state index contributed by atoms with van der Waals surface area (Å²) in [6, 6.07) is 0. The third-order valence-electron chi connectivity index (χ3n) is 4.07. The second-order valence-electron chi connectivity index (χ2n) is 5.90. The molecule has 2 aliphatic heterocycles. The van der Waals surface area contributed by atoms with Gasteiger partial charge in [-0.05, 0) is 44.8 Å². The van der Waals surface area contributed by atoms with Crippen molar-refractivity contribution in [2.24, 2.45) is 11.8 Å². The van der Waals surface area contributed by atoms with Gasteiger partial charge in [-0.1, -0.05) is 13.3 Å². The highest BCUT2D eigenvalue weighted by Crippen LogP contribution is 2.11. The molecule has 0 aliphatic carbocycles. The molecule has 2 aliphatic rings. The summed E-state index contributed by atoms with van der Waals surface area (Å²) in [6.07, 6.45) is 5.06. The lowest BCUT2D eigenvalue weighted by Crippen LogP contribution is -2.39. The van der Waals surface area contributed by atoms with E-state index in [1.54, 1.807) is 0 Å². The van der Waals surface area contributed by atoms with Gasteiger partial charge in [0.05, 0.1) is 5.92 Å². The van der Waals surface area contributed by atoms with Crippen molar-refractivity contribution >= 4 is 5.91 Å². The third kappa shape index (κ3) is 4.25. The molecule has 0 aromatic heterocycles. The smallest absolute Gasteiger partial charge is 0.224 e. The van der Waals surface area contributed by atoms with Gasteiger partial charge in [0.15, 0.2) is 0 Å². The Labute approximate surface area is 110 Å². The second-order valence-corrected chi connectivity index (χ2v) is 5.90. The summed E-state index contributed by atoms with van der Waals surface area (Å²) in [5.41, 5.74) is 0. The number of carbonyl (C=O) groups excluding carboxylic acids is 1. The Hall–Kier alpha value is -0.610. The van der Waals surface area contributed by atoms with Crippen LogP contribution in [0.15, 0.2) is 0 Å². The van der Waals surface area contributed by atoms with Crippen LogP contribution in [0.3, 0.4) is 0 Å². The van der Waals surface area contributed by atoms with Crippen molar-refractivity contribution in [2.75, 3.05) is 39.3 Å². The molecule has 2 atom stereocenters. The molecule has 2 rings (SSSR count). The number of hydrogen-bond donors (Lipinski definition) is 2. The molecule has 2 fully saturated rings. The molecule has 2 saturated heterocycles. The monoisotopic (exact) mass is 253 g/mol. The first-order chi connectivity index (χ1) is 8.75. The van der Waals surface area contributed by atoms with Crippen LogP contribution >= 0.6 is 0 Å². The van der Waals surface area contributed by atoms with Crippen LogP contribution in [-0.2, 0) is 4.79 Å². The van der Waals surface area contributed by atoms with Crippen LogP contribution in [0.25, 0.3) is 0 Å². The van der Waals surface area contributed by atoms with Crippen molar-refractivity contribution in [1.29, 1.82) is 0 Å². The van der Waals surface area contributed by atoms with Crippen molar-refractivity contribution in [1.82, 2.24) is 15.5 Å². The highest BCUT2D eigenvalue weighted by Gasteiger charge is 2.22. The number of carbonyl (C=O) groups is 1. The number of rotatable bonds is 5. The van der Waals surface area contributed by atoms with Gasteiger partial charge in [-0.3, -0.25) is 4.79 Å². The minimum Gasteiger partial charge on any atom is -0.356 e. The molecule has 104 valence electrons. The Kier molecular flexibility index (Phi) is 5.45. The van der Waals surface area contributed by atoms with E-state index in [1.165, 1.54) is 32.4 Å². The molecule has 4 nitrogen and oxygen atoms in total. The Bertz CT molecular complexity index is 258. The molecule has 0 aromatic rings. The third-order valence-corrected chi connectivity index (χ3v) is 4.07. The Morgan fingerprint density at radius 3 is 2.83 bits per heavy atom. The molecule has 0 bridgehead atoms. The quantitative estimate of drug-likeness (QED) is 0.763. The van der Waals surface area contributed by atoms with E-state index < -0.39 is 0 Å². The van der Waals surface area contributed by atoms with E-state index >= 15 is 0 Å². The SMILES string of the molecule is CC(CNC(=O)C1CCNC1)CN1CCCCC1. The van der Waals surface area contributed by atoms with Gasteiger partial charge in [0.2, 0.25) is 5.91 Å². The first-order valence-corrected chi connectivity index (χ1v) is 7.46. The van der Waals surface area contributed by atoms with Gasteiger partial charge in [-0.15, -0.1) is 0 Å². The van der Waals surface area contributed by atoms with Gasteiger partial charge in [0, 0.05) is 19.6 Å². The fourth-order valence-electron chi connectivity index (χ4n) is 2.94. The van der Waals surface area contributed by atoms with Gasteiger partial charge < -0.3 is 15.5 Å². The molecule has 18 heavy (non-hydrogen) atoms. The lowest BCUT2D eigenvalue weighted by atomic mass is 10.1. The van der Waals surface area contributed by atoms with Crippen LogP contribution in [0.5, 0.6) is 0 Å². The predicted molar refractivity (Wildman–Crippen MR) is 73.4 cm³/mol. The second kappa shape index (κ2) is 7.10. The van der Waals surface area contributed by atoms with E-state index in [1.807, 2.05) is 0 Å². The van der Waals surface area contributed by atoms with Crippen LogP contribution < -0.4 is 10.6 Å². The molecule has 0 aromatic carbocycles. The van der Waals surface area contributed by atoms with Crippen molar-refractivity contribution in [2.45, 2.75) is 32.6 Å². The fourth-order valence-corrected chi connectivity index (χ4v) is 2.94. The van der Waals surface area contributed by atoms with Crippen molar-refractivity contribution in [3.63, 3.8) is 0 Å². The normalized spacial score (nSPS) is 27.1. The minimum absolute atomic E-state index is 0.201. The van der Waals surface area contributed by atoms with Crippen LogP contribution in [-0.4, -0.2) is 50.1 Å². The lowest BCUT2D eigenvalue weighted by Gasteiger charge is -2.29. The van der Waals surface area contributed by atoms with Gasteiger partial charge in [-0.25, -0.2) is 0 Å². The van der Waals surface area contributed by atoms with Crippen molar-refractivity contribution in [3.8, 4) is 0 Å². The average Bonchev–Trinajstić information content (AvgIpc) is 2.91. The van der Waals surface area contributed by atoms with Gasteiger partial charge in [0.1, 0.15) is 0 Å². The maximum absolute atomic E-state index is 11.9. The Balaban J connectivity index is 1.61. The largest absolute Gasteiger partial charge is 0.356 e. The molecule has 2 N–H and O–H groups in total. The number of amides is 1. The summed E-state index contributed by atoms with van der Waals surface area (Å²) >= 11 is 0. The summed E-state index contributed by atoms with van der Waals surface area (Å²) in [4.78, 5) is 14.4. The number of likely N-dealkylation sites (tertiary alicyclic amines) is 1. The zero-order valence-electron chi connectivity index (χ0n) is 11.6. The van der Waals surface area contributed by atoms with Gasteiger partial charge in [-0.2, -0.15) is 0 Å². The topological polar surface area (TPSA) is 44.4 Å². The van der Waals surface area contributed by atoms with E-state index in [9.17, 15) is 4.79 Å². The molecule has 4 heteroatoms. The summed E-state index contributed by atoms with van der Waals surface area (Å²) in [7, 11) is 0. The molecule has 1 amide bonds. The fraction of sp³-hybridized carbons (Fsp3) is 0.929. The van der Waals surface area contributed by atoms with Crippen LogP contribution in [0.2, 0.25) is 0 Å². The minimum atomic E-state index is 0.201. The number of hydrogen-bond acceptors (Lipinski definition) is 3. The van der Waals surface area contributed by atoms with Crippen LogP contribution in [0.4, 0.5) is 0 Å². The summed E-state index contributed by atoms with van der Waals surface area (Å²) in [5.74, 6) is 0.999. The molecule has 0 saturated carbocycles. The highest BCUT2D eigenvalue weighted by atomic mass is 16.1. The first kappa shape index (κ1) is 13.8. The lowest BCUT2D eigenvalue weighted by molar-refractivity contribution is -0.124. The standard InChI is InChI=1S/C14H27N3O/c1-12(11-17-7-3-2-4-8-17)9-16-14(18)13-5-6-15-10-13/h12-13,15H,2-11H2,1H3,(H,16,18). The number of piperidine rings is 1. The molecule has 0 spiro atoms. The molecular formula is C14H27N3O. The van der Waals surface area contributed by atoms with E-state index in [0.29, 0.717) is 5.92 Å². The van der Waals surface area contributed by atoms with Crippen molar-refractivity contribution < 1.29 is 4.79 Å². The van der Waals surface area contributed by atoms with Crippen molar-refractivity contribution in [3.05, 3.63) is 0 Å². The summed E-state index contributed by atoms with van der Waals surface area (Å²) in [6.45, 7) is 8.51. The predicted octanol–water partition coefficient (Wildman–Crippen LogP) is 0.834. The van der Waals surface area contributed by atoms with Gasteiger partial charge >= 0.3 is 0 Å². The first-order valence-electron chi connectivity index (χ1n) is 7.46. The average molecular weight is 253 g/mol. The maximum Gasteiger partial charge on any atom is 0.224 e.